The molecule has 1 amide bonds. The van der Waals surface area contributed by atoms with Gasteiger partial charge >= 0.3 is 5.97 Å². The molecule has 0 saturated heterocycles. The van der Waals surface area contributed by atoms with Gasteiger partial charge in [-0.1, -0.05) is 5.21 Å². The number of nitrogens with one attached hydrogen (secondary N) is 2. The first kappa shape index (κ1) is 11.8. The molecule has 3 N–H and O–H groups in total. The Hall–Kier alpha value is -2.71. The zero-order chi connectivity index (χ0) is 13.0. The van der Waals surface area contributed by atoms with Crippen LogP contribution in [-0.2, 0) is 17.9 Å². The van der Waals surface area contributed by atoms with Crippen molar-refractivity contribution in [2.75, 3.05) is 0 Å². The molecule has 0 bridgehead atoms. The summed E-state index contributed by atoms with van der Waals surface area (Å²) >= 11 is 0. The number of amides is 1. The van der Waals surface area contributed by atoms with Crippen LogP contribution >= 0.6 is 0 Å². The van der Waals surface area contributed by atoms with Crippen LogP contribution in [0.1, 0.15) is 16.2 Å². The van der Waals surface area contributed by atoms with Gasteiger partial charge in [0.15, 0.2) is 5.69 Å². The summed E-state index contributed by atoms with van der Waals surface area (Å²) in [6.07, 6.45) is 4.36. The fraction of sp³-hybridized carbons (Fsp3) is 0.222. The van der Waals surface area contributed by atoms with Gasteiger partial charge in [-0.05, 0) is 0 Å². The van der Waals surface area contributed by atoms with Gasteiger partial charge in [-0.15, -0.1) is 5.10 Å². The third-order valence-corrected chi connectivity index (χ3v) is 2.06. The summed E-state index contributed by atoms with van der Waals surface area (Å²) in [5, 5.41) is 18.2. The Kier molecular flexibility index (Phi) is 3.32. The van der Waals surface area contributed by atoms with Gasteiger partial charge in [0.2, 0.25) is 0 Å². The normalized spacial score (nSPS) is 10.2. The second kappa shape index (κ2) is 5.08. The maximum Gasteiger partial charge on any atom is 0.325 e. The molecule has 2 rings (SSSR count). The monoisotopic (exact) mass is 250 g/mol. The first-order chi connectivity index (χ1) is 8.65. The highest BCUT2D eigenvalue weighted by atomic mass is 16.4. The number of hydrogen-bond acceptors (Lipinski definition) is 5. The van der Waals surface area contributed by atoms with E-state index in [1.54, 1.807) is 6.20 Å². The van der Waals surface area contributed by atoms with Gasteiger partial charge in [0.1, 0.15) is 6.54 Å². The topological polar surface area (TPSA) is 126 Å². The molecule has 0 atom stereocenters. The Labute approximate surface area is 101 Å². The maximum atomic E-state index is 11.6. The molecule has 0 saturated carbocycles. The molecular weight excluding hydrogens is 240 g/mol. The molecule has 0 aliphatic carbocycles. The van der Waals surface area contributed by atoms with Gasteiger partial charge in [0.05, 0.1) is 24.8 Å². The highest BCUT2D eigenvalue weighted by Crippen LogP contribution is 1.95. The fourth-order valence-electron chi connectivity index (χ4n) is 1.27. The smallest absolute Gasteiger partial charge is 0.325 e. The lowest BCUT2D eigenvalue weighted by molar-refractivity contribution is -0.137. The standard InChI is InChI=1S/C9H10N6O3/c16-8(17)4-15-3-7(13-14-15)9(18)11-2-6-1-10-5-12-6/h1,3,5H,2,4H2,(H,10,12)(H,11,18)(H,16,17). The number of aromatic amines is 1. The summed E-state index contributed by atoms with van der Waals surface area (Å²) in [4.78, 5) is 28.7. The number of aliphatic carboxylic acids is 1. The third-order valence-electron chi connectivity index (χ3n) is 2.06. The van der Waals surface area contributed by atoms with E-state index < -0.39 is 11.9 Å². The van der Waals surface area contributed by atoms with Crippen molar-refractivity contribution < 1.29 is 14.7 Å². The first-order valence-corrected chi connectivity index (χ1v) is 5.02. The number of carbonyl (C=O) groups is 2. The summed E-state index contributed by atoms with van der Waals surface area (Å²) in [5.74, 6) is -1.48. The summed E-state index contributed by atoms with van der Waals surface area (Å²) in [6, 6.07) is 0. The number of hydrogen-bond donors (Lipinski definition) is 3. The molecule has 94 valence electrons. The predicted octanol–water partition coefficient (Wildman–Crippen LogP) is -0.984. The second-order valence-electron chi connectivity index (χ2n) is 3.45. The van der Waals surface area contributed by atoms with Gasteiger partial charge < -0.3 is 15.4 Å². The average molecular weight is 250 g/mol. The zero-order valence-corrected chi connectivity index (χ0v) is 9.20. The summed E-state index contributed by atoms with van der Waals surface area (Å²) in [5.41, 5.74) is 0.817. The molecule has 0 aromatic carbocycles. The Morgan fingerprint density at radius 3 is 3.00 bits per heavy atom. The lowest BCUT2D eigenvalue weighted by Crippen LogP contribution is -2.23. The Morgan fingerprint density at radius 2 is 2.33 bits per heavy atom. The molecule has 0 aliphatic rings. The van der Waals surface area contributed by atoms with E-state index in [0.29, 0.717) is 0 Å². The third kappa shape index (κ3) is 2.90. The number of rotatable bonds is 5. The SMILES string of the molecule is O=C(O)Cn1cc(C(=O)NCc2cnc[nH]2)nn1. The van der Waals surface area contributed by atoms with Crippen molar-refractivity contribution >= 4 is 11.9 Å². The second-order valence-corrected chi connectivity index (χ2v) is 3.45. The van der Waals surface area contributed by atoms with Crippen LogP contribution in [0.2, 0.25) is 0 Å². The van der Waals surface area contributed by atoms with Crippen molar-refractivity contribution in [3.05, 3.63) is 30.1 Å². The molecule has 18 heavy (non-hydrogen) atoms. The van der Waals surface area contributed by atoms with E-state index in [4.69, 9.17) is 5.11 Å². The van der Waals surface area contributed by atoms with E-state index in [9.17, 15) is 9.59 Å². The lowest BCUT2D eigenvalue weighted by atomic mass is 10.4. The molecule has 0 fully saturated rings. The highest BCUT2D eigenvalue weighted by molar-refractivity contribution is 5.91. The molecule has 2 aromatic heterocycles. The predicted molar refractivity (Wildman–Crippen MR) is 57.4 cm³/mol. The van der Waals surface area contributed by atoms with Gasteiger partial charge in [0.25, 0.3) is 5.91 Å². The van der Waals surface area contributed by atoms with E-state index in [0.717, 1.165) is 10.4 Å². The maximum absolute atomic E-state index is 11.6. The van der Waals surface area contributed by atoms with Crippen LogP contribution in [-0.4, -0.2) is 41.9 Å². The Bertz CT molecular complexity index is 546. The number of carbonyl (C=O) groups excluding carboxylic acids is 1. The minimum absolute atomic E-state index is 0.0655. The summed E-state index contributed by atoms with van der Waals surface area (Å²) in [6.45, 7) is -0.0501. The van der Waals surface area contributed by atoms with Crippen LogP contribution in [0.15, 0.2) is 18.7 Å². The van der Waals surface area contributed by atoms with Crippen LogP contribution in [0.4, 0.5) is 0 Å². The van der Waals surface area contributed by atoms with Crippen molar-refractivity contribution in [1.82, 2.24) is 30.3 Å². The lowest BCUT2D eigenvalue weighted by Gasteiger charge is -1.99. The van der Waals surface area contributed by atoms with E-state index in [2.05, 4.69) is 25.6 Å². The number of carboxylic acid groups (broad SMARTS) is 1. The largest absolute Gasteiger partial charge is 0.480 e. The van der Waals surface area contributed by atoms with Gasteiger partial charge in [-0.25, -0.2) is 9.67 Å². The van der Waals surface area contributed by atoms with E-state index >= 15 is 0 Å². The fourth-order valence-corrected chi connectivity index (χ4v) is 1.27. The van der Waals surface area contributed by atoms with Crippen LogP contribution < -0.4 is 5.32 Å². The zero-order valence-electron chi connectivity index (χ0n) is 9.20. The van der Waals surface area contributed by atoms with Crippen molar-refractivity contribution in [3.8, 4) is 0 Å². The van der Waals surface area contributed by atoms with Crippen LogP contribution in [0, 0.1) is 0 Å². The number of nitrogens with zero attached hydrogens (tertiary/aromatic N) is 4. The van der Waals surface area contributed by atoms with Gasteiger partial charge in [-0.3, -0.25) is 9.59 Å². The van der Waals surface area contributed by atoms with Crippen LogP contribution in [0.25, 0.3) is 0 Å². The summed E-state index contributed by atoms with van der Waals surface area (Å²) in [7, 11) is 0. The first-order valence-electron chi connectivity index (χ1n) is 5.02. The van der Waals surface area contributed by atoms with E-state index in [1.807, 2.05) is 0 Å². The van der Waals surface area contributed by atoms with Crippen LogP contribution in [0.5, 0.6) is 0 Å². The Morgan fingerprint density at radius 1 is 1.50 bits per heavy atom. The molecular formula is C9H10N6O3. The molecule has 0 aliphatic heterocycles. The molecule has 0 unspecified atom stereocenters. The van der Waals surface area contributed by atoms with E-state index in [1.165, 1.54) is 12.5 Å². The number of carboxylic acids is 1. The quantitative estimate of drug-likeness (QED) is 0.625. The Balaban J connectivity index is 1.92. The molecule has 9 heteroatoms. The van der Waals surface area contributed by atoms with Crippen molar-refractivity contribution in [2.45, 2.75) is 13.1 Å². The molecule has 2 heterocycles. The van der Waals surface area contributed by atoms with Crippen molar-refractivity contribution in [2.24, 2.45) is 0 Å². The highest BCUT2D eigenvalue weighted by Gasteiger charge is 2.11. The number of H-pyrrole nitrogens is 1. The van der Waals surface area contributed by atoms with Gasteiger partial charge in [-0.2, -0.15) is 0 Å². The summed E-state index contributed by atoms with van der Waals surface area (Å²) < 4.78 is 1.08. The van der Waals surface area contributed by atoms with E-state index in [-0.39, 0.29) is 18.8 Å². The number of aromatic nitrogens is 5. The van der Waals surface area contributed by atoms with Crippen molar-refractivity contribution in [3.63, 3.8) is 0 Å². The molecule has 2 aromatic rings. The van der Waals surface area contributed by atoms with Gasteiger partial charge in [0, 0.05) is 6.20 Å². The molecule has 0 radical (unpaired) electrons. The van der Waals surface area contributed by atoms with Crippen LogP contribution in [0.3, 0.4) is 0 Å². The average Bonchev–Trinajstić information content (AvgIpc) is 2.95. The van der Waals surface area contributed by atoms with Crippen molar-refractivity contribution in [1.29, 1.82) is 0 Å². The number of imidazole rings is 1. The minimum atomic E-state index is -1.05. The molecule has 0 spiro atoms. The minimum Gasteiger partial charge on any atom is -0.480 e. The molecule has 9 nitrogen and oxygen atoms in total.